The summed E-state index contributed by atoms with van der Waals surface area (Å²) in [6.45, 7) is 4.15. The van der Waals surface area contributed by atoms with Gasteiger partial charge >= 0.3 is 0 Å². The quantitative estimate of drug-likeness (QED) is 0.425. The Hall–Kier alpha value is -1.02. The van der Waals surface area contributed by atoms with Crippen LogP contribution >= 0.6 is 11.8 Å². The fraction of sp³-hybridized carbons (Fsp3) is 0.250. The zero-order valence-electron chi connectivity index (χ0n) is 8.49. The van der Waals surface area contributed by atoms with E-state index in [0.29, 0.717) is 0 Å². The average Bonchev–Trinajstić information content (AvgIpc) is 2.18. The maximum Gasteiger partial charge on any atom is 0.151 e. The van der Waals surface area contributed by atoms with Crippen molar-refractivity contribution in [3.8, 4) is 0 Å². The van der Waals surface area contributed by atoms with Crippen molar-refractivity contribution < 1.29 is 4.79 Å². The summed E-state index contributed by atoms with van der Waals surface area (Å²) in [5.74, 6) is 0.924. The van der Waals surface area contributed by atoms with Crippen molar-refractivity contribution in [3.63, 3.8) is 0 Å². The third-order valence-electron chi connectivity index (χ3n) is 1.78. The summed E-state index contributed by atoms with van der Waals surface area (Å²) in [4.78, 5) is 11.8. The lowest BCUT2D eigenvalue weighted by Crippen LogP contribution is -1.84. The van der Waals surface area contributed by atoms with Crippen LogP contribution in [0.3, 0.4) is 0 Å². The summed E-state index contributed by atoms with van der Waals surface area (Å²) in [5.41, 5.74) is 2.08. The second-order valence-corrected chi connectivity index (χ2v) is 4.31. The first kappa shape index (κ1) is 11.1. The van der Waals surface area contributed by atoms with Crippen LogP contribution in [-0.2, 0) is 0 Å². The number of rotatable bonds is 4. The van der Waals surface area contributed by atoms with E-state index in [-0.39, 0.29) is 0 Å². The van der Waals surface area contributed by atoms with Crippen LogP contribution < -0.4 is 0 Å². The topological polar surface area (TPSA) is 17.1 Å². The molecule has 1 aromatic rings. The van der Waals surface area contributed by atoms with E-state index in [1.165, 1.54) is 5.57 Å². The first-order valence-electron chi connectivity index (χ1n) is 4.54. The molecule has 0 radical (unpaired) electrons. The number of benzene rings is 1. The molecule has 0 aliphatic rings. The summed E-state index contributed by atoms with van der Waals surface area (Å²) in [6.07, 6.45) is 3.07. The van der Waals surface area contributed by atoms with E-state index >= 15 is 0 Å². The van der Waals surface area contributed by atoms with Gasteiger partial charge in [-0.2, -0.15) is 0 Å². The number of allylic oxidation sites excluding steroid dienone is 1. The molecule has 0 amide bonds. The summed E-state index contributed by atoms with van der Waals surface area (Å²) in [7, 11) is 0. The minimum atomic E-state index is 0.777. The predicted octanol–water partition coefficient (Wildman–Crippen LogP) is 3.56. The van der Waals surface area contributed by atoms with Gasteiger partial charge in [-0.3, -0.25) is 4.79 Å². The number of hydrogen-bond acceptors (Lipinski definition) is 2. The maximum atomic E-state index is 10.7. The Labute approximate surface area is 89.2 Å². The molecule has 0 N–H and O–H groups in total. The minimum absolute atomic E-state index is 0.777. The Morgan fingerprint density at radius 2 is 2.07 bits per heavy atom. The molecule has 74 valence electrons. The molecule has 0 atom stereocenters. The molecule has 1 aromatic carbocycles. The zero-order valence-corrected chi connectivity index (χ0v) is 9.30. The fourth-order valence-corrected chi connectivity index (χ4v) is 2.06. The lowest BCUT2D eigenvalue weighted by atomic mass is 10.2. The lowest BCUT2D eigenvalue weighted by molar-refractivity contribution is 0.112. The van der Waals surface area contributed by atoms with Crippen molar-refractivity contribution in [2.75, 3.05) is 5.75 Å². The largest absolute Gasteiger partial charge is 0.298 e. The van der Waals surface area contributed by atoms with E-state index < -0.39 is 0 Å². The minimum Gasteiger partial charge on any atom is -0.298 e. The number of thioether (sulfide) groups is 1. The van der Waals surface area contributed by atoms with Gasteiger partial charge in [-0.1, -0.05) is 29.8 Å². The molecule has 0 aromatic heterocycles. The molecular formula is C12H14OS. The van der Waals surface area contributed by atoms with Crippen LogP contribution in [0, 0.1) is 0 Å². The van der Waals surface area contributed by atoms with Gasteiger partial charge in [0.15, 0.2) is 6.29 Å². The second-order valence-electron chi connectivity index (χ2n) is 3.25. The van der Waals surface area contributed by atoms with Gasteiger partial charge in [0.1, 0.15) is 0 Å². The van der Waals surface area contributed by atoms with Crippen LogP contribution in [-0.4, -0.2) is 12.0 Å². The molecule has 0 saturated heterocycles. The molecule has 1 rings (SSSR count). The van der Waals surface area contributed by atoms with Gasteiger partial charge in [0.2, 0.25) is 0 Å². The molecule has 14 heavy (non-hydrogen) atoms. The van der Waals surface area contributed by atoms with Gasteiger partial charge in [-0.05, 0) is 19.9 Å². The Morgan fingerprint density at radius 1 is 1.36 bits per heavy atom. The van der Waals surface area contributed by atoms with Gasteiger partial charge in [0, 0.05) is 16.2 Å². The molecule has 0 spiro atoms. The van der Waals surface area contributed by atoms with Gasteiger partial charge < -0.3 is 0 Å². The van der Waals surface area contributed by atoms with Gasteiger partial charge in [0.05, 0.1) is 0 Å². The van der Waals surface area contributed by atoms with Crippen molar-refractivity contribution >= 4 is 18.0 Å². The number of hydrogen-bond donors (Lipinski definition) is 0. The second kappa shape index (κ2) is 5.66. The Kier molecular flexibility index (Phi) is 4.47. The fourth-order valence-electron chi connectivity index (χ4n) is 1.01. The normalized spacial score (nSPS) is 9.57. The van der Waals surface area contributed by atoms with Crippen LogP contribution in [0.5, 0.6) is 0 Å². The van der Waals surface area contributed by atoms with Crippen molar-refractivity contribution in [1.29, 1.82) is 0 Å². The van der Waals surface area contributed by atoms with Crippen molar-refractivity contribution in [2.45, 2.75) is 18.7 Å². The lowest BCUT2D eigenvalue weighted by Gasteiger charge is -2.01. The van der Waals surface area contributed by atoms with E-state index in [9.17, 15) is 4.79 Å². The Balaban J connectivity index is 2.66. The van der Waals surface area contributed by atoms with Crippen LogP contribution in [0.2, 0.25) is 0 Å². The van der Waals surface area contributed by atoms with Crippen LogP contribution in [0.25, 0.3) is 0 Å². The molecule has 0 bridgehead atoms. The third-order valence-corrected chi connectivity index (χ3v) is 2.79. The van der Waals surface area contributed by atoms with Gasteiger partial charge in [-0.15, -0.1) is 11.8 Å². The van der Waals surface area contributed by atoms with Crippen LogP contribution in [0.4, 0.5) is 0 Å². The number of aldehydes is 1. The standard InChI is InChI=1S/C12H14OS/c1-10(2)7-8-14-12-6-4-3-5-11(12)9-13/h3-7,9H,8H2,1-2H3. The number of carbonyl (C=O) groups is 1. The van der Waals surface area contributed by atoms with E-state index in [0.717, 1.165) is 22.5 Å². The number of carbonyl (C=O) groups excluding carboxylic acids is 1. The first-order valence-corrected chi connectivity index (χ1v) is 5.53. The molecule has 0 saturated carbocycles. The first-order chi connectivity index (χ1) is 6.74. The summed E-state index contributed by atoms with van der Waals surface area (Å²) in [6, 6.07) is 7.66. The monoisotopic (exact) mass is 206 g/mol. The van der Waals surface area contributed by atoms with E-state index in [1.807, 2.05) is 24.3 Å². The van der Waals surface area contributed by atoms with E-state index in [1.54, 1.807) is 11.8 Å². The smallest absolute Gasteiger partial charge is 0.151 e. The van der Waals surface area contributed by atoms with Crippen LogP contribution in [0.15, 0.2) is 40.8 Å². The van der Waals surface area contributed by atoms with Gasteiger partial charge in [0.25, 0.3) is 0 Å². The molecule has 0 aliphatic heterocycles. The molecule has 0 unspecified atom stereocenters. The van der Waals surface area contributed by atoms with Crippen molar-refractivity contribution in [3.05, 3.63) is 41.5 Å². The maximum absolute atomic E-state index is 10.7. The van der Waals surface area contributed by atoms with Crippen molar-refractivity contribution in [2.24, 2.45) is 0 Å². The third kappa shape index (κ3) is 3.38. The molecule has 2 heteroatoms. The molecule has 0 fully saturated rings. The predicted molar refractivity (Wildman–Crippen MR) is 62.0 cm³/mol. The Morgan fingerprint density at radius 3 is 2.71 bits per heavy atom. The average molecular weight is 206 g/mol. The Bertz CT molecular complexity index is 338. The highest BCUT2D eigenvalue weighted by Gasteiger charge is 1.98. The molecular weight excluding hydrogens is 192 g/mol. The molecule has 0 aliphatic carbocycles. The van der Waals surface area contributed by atoms with Gasteiger partial charge in [-0.25, -0.2) is 0 Å². The summed E-state index contributed by atoms with van der Waals surface area (Å²) >= 11 is 1.69. The molecule has 0 heterocycles. The highest BCUT2D eigenvalue weighted by atomic mass is 32.2. The zero-order chi connectivity index (χ0) is 10.4. The van der Waals surface area contributed by atoms with E-state index in [4.69, 9.17) is 0 Å². The SMILES string of the molecule is CC(C)=CCSc1ccccc1C=O. The highest BCUT2D eigenvalue weighted by Crippen LogP contribution is 2.21. The van der Waals surface area contributed by atoms with Crippen molar-refractivity contribution in [1.82, 2.24) is 0 Å². The van der Waals surface area contributed by atoms with Crippen LogP contribution in [0.1, 0.15) is 24.2 Å². The van der Waals surface area contributed by atoms with E-state index in [2.05, 4.69) is 19.9 Å². The summed E-state index contributed by atoms with van der Waals surface area (Å²) in [5, 5.41) is 0. The molecule has 1 nitrogen and oxygen atoms in total. The summed E-state index contributed by atoms with van der Waals surface area (Å²) < 4.78 is 0. The highest BCUT2D eigenvalue weighted by molar-refractivity contribution is 7.99.